The van der Waals surface area contributed by atoms with E-state index in [1.807, 2.05) is 13.8 Å². The molecule has 0 spiro atoms. The highest BCUT2D eigenvalue weighted by Gasteiger charge is 2.34. The molecular weight excluding hydrogens is 228 g/mol. The van der Waals surface area contributed by atoms with Crippen LogP contribution in [0.2, 0.25) is 0 Å². The minimum absolute atomic E-state index is 0.408. The van der Waals surface area contributed by atoms with Crippen LogP contribution in [0.5, 0.6) is 0 Å². The first-order chi connectivity index (χ1) is 8.66. The van der Waals surface area contributed by atoms with Crippen LogP contribution in [-0.4, -0.2) is 32.2 Å². The Morgan fingerprint density at radius 2 is 1.78 bits per heavy atom. The lowest BCUT2D eigenvalue weighted by Crippen LogP contribution is -2.41. The van der Waals surface area contributed by atoms with E-state index in [1.54, 1.807) is 0 Å². The van der Waals surface area contributed by atoms with Gasteiger partial charge in [-0.15, -0.1) is 0 Å². The van der Waals surface area contributed by atoms with Crippen molar-refractivity contribution in [3.63, 3.8) is 0 Å². The van der Waals surface area contributed by atoms with Gasteiger partial charge in [0.15, 0.2) is 5.79 Å². The predicted molar refractivity (Wildman–Crippen MR) is 73.6 cm³/mol. The molecular formula is C15H30O3. The fourth-order valence-corrected chi connectivity index (χ4v) is 2.79. The molecule has 0 aliphatic carbocycles. The summed E-state index contributed by atoms with van der Waals surface area (Å²) in [5.74, 6) is 0.875. The molecule has 18 heavy (non-hydrogen) atoms. The van der Waals surface area contributed by atoms with Gasteiger partial charge in [0.1, 0.15) is 0 Å². The van der Waals surface area contributed by atoms with E-state index >= 15 is 0 Å². The molecule has 1 fully saturated rings. The van der Waals surface area contributed by atoms with E-state index in [-0.39, 0.29) is 0 Å². The molecule has 0 aromatic heterocycles. The topological polar surface area (TPSA) is 27.7 Å². The van der Waals surface area contributed by atoms with Crippen molar-refractivity contribution in [2.75, 3.05) is 26.4 Å². The van der Waals surface area contributed by atoms with E-state index < -0.39 is 5.79 Å². The van der Waals surface area contributed by atoms with Gasteiger partial charge < -0.3 is 14.2 Å². The molecule has 3 heteroatoms. The summed E-state index contributed by atoms with van der Waals surface area (Å²) in [5.41, 5.74) is 0. The lowest BCUT2D eigenvalue weighted by atomic mass is 9.88. The van der Waals surface area contributed by atoms with Crippen molar-refractivity contribution in [2.24, 2.45) is 11.8 Å². The third kappa shape index (κ3) is 4.52. The van der Waals surface area contributed by atoms with E-state index in [4.69, 9.17) is 14.2 Å². The first kappa shape index (κ1) is 15.9. The van der Waals surface area contributed by atoms with Crippen LogP contribution >= 0.6 is 0 Å². The Morgan fingerprint density at radius 1 is 1.17 bits per heavy atom. The first-order valence-electron chi connectivity index (χ1n) is 7.51. The molecule has 0 bridgehead atoms. The van der Waals surface area contributed by atoms with Crippen molar-refractivity contribution < 1.29 is 14.2 Å². The molecule has 0 saturated carbocycles. The Kier molecular flexibility index (Phi) is 7.20. The molecule has 0 aromatic carbocycles. The highest BCUT2D eigenvalue weighted by molar-refractivity contribution is 4.76. The quantitative estimate of drug-likeness (QED) is 0.560. The van der Waals surface area contributed by atoms with E-state index in [1.165, 1.54) is 19.3 Å². The number of hydrogen-bond donors (Lipinski definition) is 0. The van der Waals surface area contributed by atoms with E-state index in [0.29, 0.717) is 19.1 Å². The molecule has 108 valence electrons. The zero-order valence-electron chi connectivity index (χ0n) is 12.5. The molecule has 0 radical (unpaired) electrons. The second-order valence-electron chi connectivity index (χ2n) is 5.32. The smallest absolute Gasteiger partial charge is 0.168 e. The van der Waals surface area contributed by atoms with Crippen LogP contribution in [0.15, 0.2) is 0 Å². The molecule has 3 nitrogen and oxygen atoms in total. The third-order valence-corrected chi connectivity index (χ3v) is 3.97. The highest BCUT2D eigenvalue weighted by Crippen LogP contribution is 2.31. The molecule has 1 heterocycles. The van der Waals surface area contributed by atoms with E-state index in [9.17, 15) is 0 Å². The molecule has 1 saturated heterocycles. The van der Waals surface area contributed by atoms with Gasteiger partial charge in [0.05, 0.1) is 13.2 Å². The van der Waals surface area contributed by atoms with Gasteiger partial charge in [0, 0.05) is 25.0 Å². The van der Waals surface area contributed by atoms with Crippen molar-refractivity contribution in [1.82, 2.24) is 0 Å². The van der Waals surface area contributed by atoms with Crippen LogP contribution in [0.25, 0.3) is 0 Å². The van der Waals surface area contributed by atoms with Crippen molar-refractivity contribution in [1.29, 1.82) is 0 Å². The zero-order chi connectivity index (χ0) is 13.4. The van der Waals surface area contributed by atoms with Crippen LogP contribution < -0.4 is 0 Å². The zero-order valence-corrected chi connectivity index (χ0v) is 12.5. The minimum atomic E-state index is -0.408. The second-order valence-corrected chi connectivity index (χ2v) is 5.32. The molecule has 1 rings (SSSR count). The molecule has 1 aliphatic heterocycles. The fourth-order valence-electron chi connectivity index (χ4n) is 2.79. The average molecular weight is 258 g/mol. The van der Waals surface area contributed by atoms with Crippen LogP contribution in [0.3, 0.4) is 0 Å². The van der Waals surface area contributed by atoms with Crippen molar-refractivity contribution in [3.8, 4) is 0 Å². The standard InChI is InChI=1S/C15H30O3/c1-5-14(10-8-9-13-11-16-12-13)15(4,17-6-2)18-7-3/h13-14H,5-12H2,1-4H3. The Labute approximate surface area is 112 Å². The lowest BCUT2D eigenvalue weighted by molar-refractivity contribution is -0.253. The largest absolute Gasteiger partial charge is 0.381 e. The molecule has 0 amide bonds. The van der Waals surface area contributed by atoms with E-state index in [2.05, 4.69) is 13.8 Å². The summed E-state index contributed by atoms with van der Waals surface area (Å²) in [6, 6.07) is 0. The molecule has 0 aromatic rings. The molecule has 0 N–H and O–H groups in total. The first-order valence-corrected chi connectivity index (χ1v) is 7.51. The van der Waals surface area contributed by atoms with Gasteiger partial charge in [-0.3, -0.25) is 0 Å². The normalized spacial score (nSPS) is 18.7. The van der Waals surface area contributed by atoms with Gasteiger partial charge in [-0.2, -0.15) is 0 Å². The Morgan fingerprint density at radius 3 is 2.17 bits per heavy atom. The summed E-state index contributed by atoms with van der Waals surface area (Å²) in [4.78, 5) is 0. The third-order valence-electron chi connectivity index (χ3n) is 3.97. The number of ether oxygens (including phenoxy) is 3. The van der Waals surface area contributed by atoms with Crippen molar-refractivity contribution >= 4 is 0 Å². The predicted octanol–water partition coefficient (Wildman–Crippen LogP) is 3.62. The fraction of sp³-hybridized carbons (Fsp3) is 1.00. The Bertz CT molecular complexity index is 208. The van der Waals surface area contributed by atoms with Gasteiger partial charge in [-0.1, -0.05) is 13.3 Å². The molecule has 1 atom stereocenters. The van der Waals surface area contributed by atoms with Crippen LogP contribution in [-0.2, 0) is 14.2 Å². The summed E-state index contributed by atoms with van der Waals surface area (Å²) in [5, 5.41) is 0. The number of hydrogen-bond acceptors (Lipinski definition) is 3. The van der Waals surface area contributed by atoms with Gasteiger partial charge in [0.25, 0.3) is 0 Å². The maximum absolute atomic E-state index is 5.87. The maximum Gasteiger partial charge on any atom is 0.168 e. The van der Waals surface area contributed by atoms with Gasteiger partial charge in [-0.25, -0.2) is 0 Å². The maximum atomic E-state index is 5.87. The Balaban J connectivity index is 2.38. The molecule has 1 unspecified atom stereocenters. The molecule has 1 aliphatic rings. The summed E-state index contributed by atoms with van der Waals surface area (Å²) < 4.78 is 17.0. The average Bonchev–Trinajstić information content (AvgIpc) is 2.27. The van der Waals surface area contributed by atoms with Crippen LogP contribution in [0.4, 0.5) is 0 Å². The van der Waals surface area contributed by atoms with E-state index in [0.717, 1.165) is 25.6 Å². The van der Waals surface area contributed by atoms with Crippen molar-refractivity contribution in [3.05, 3.63) is 0 Å². The number of rotatable bonds is 10. The SMILES string of the molecule is CCOC(C)(OCC)C(CC)CCCC1COC1. The minimum Gasteiger partial charge on any atom is -0.381 e. The monoisotopic (exact) mass is 258 g/mol. The summed E-state index contributed by atoms with van der Waals surface area (Å²) in [7, 11) is 0. The van der Waals surface area contributed by atoms with Gasteiger partial charge in [-0.05, 0) is 40.0 Å². The van der Waals surface area contributed by atoms with Gasteiger partial charge in [0.2, 0.25) is 0 Å². The van der Waals surface area contributed by atoms with Crippen molar-refractivity contribution in [2.45, 2.75) is 59.2 Å². The lowest BCUT2D eigenvalue weighted by Gasteiger charge is -2.37. The summed E-state index contributed by atoms with van der Waals surface area (Å²) >= 11 is 0. The second kappa shape index (κ2) is 8.13. The summed E-state index contributed by atoms with van der Waals surface area (Å²) in [6.07, 6.45) is 4.83. The van der Waals surface area contributed by atoms with Crippen LogP contribution in [0, 0.1) is 11.8 Å². The Hall–Kier alpha value is -0.120. The summed E-state index contributed by atoms with van der Waals surface area (Å²) in [6.45, 7) is 11.8. The van der Waals surface area contributed by atoms with Crippen LogP contribution in [0.1, 0.15) is 53.4 Å². The highest BCUT2D eigenvalue weighted by atomic mass is 16.7. The van der Waals surface area contributed by atoms with Gasteiger partial charge >= 0.3 is 0 Å².